The number of hydrogen-bond acceptors (Lipinski definition) is 6. The second kappa shape index (κ2) is 8.19. The summed E-state index contributed by atoms with van der Waals surface area (Å²) in [5.74, 6) is 1.66. The maximum Gasteiger partial charge on any atom is 0.277 e. The van der Waals surface area contributed by atoms with E-state index >= 15 is 0 Å². The molecule has 0 radical (unpaired) electrons. The van der Waals surface area contributed by atoms with Gasteiger partial charge < -0.3 is 9.15 Å². The number of rotatable bonds is 7. The van der Waals surface area contributed by atoms with Crippen molar-refractivity contribution < 1.29 is 13.9 Å². The zero-order valence-corrected chi connectivity index (χ0v) is 15.8. The predicted octanol–water partition coefficient (Wildman–Crippen LogP) is 4.26. The molecule has 2 aromatic carbocycles. The van der Waals surface area contributed by atoms with Crippen LogP contribution in [0.3, 0.4) is 0 Å². The minimum atomic E-state index is 0.0612. The molecule has 0 aliphatic rings. The average molecular weight is 368 g/mol. The van der Waals surface area contributed by atoms with Crippen LogP contribution in [-0.2, 0) is 6.42 Å². The van der Waals surface area contributed by atoms with Gasteiger partial charge in [-0.3, -0.25) is 4.79 Å². The van der Waals surface area contributed by atoms with Crippen LogP contribution in [0.2, 0.25) is 0 Å². The molecule has 1 heterocycles. The van der Waals surface area contributed by atoms with Crippen molar-refractivity contribution in [3.63, 3.8) is 0 Å². The summed E-state index contributed by atoms with van der Waals surface area (Å²) >= 11 is 1.27. The van der Waals surface area contributed by atoms with Crippen molar-refractivity contribution in [3.8, 4) is 5.75 Å². The predicted molar refractivity (Wildman–Crippen MR) is 101 cm³/mol. The maximum atomic E-state index is 12.4. The number of benzene rings is 2. The number of aryl methyl sites for hydroxylation is 2. The average Bonchev–Trinajstić information content (AvgIpc) is 3.09. The Balaban J connectivity index is 1.59. The highest BCUT2D eigenvalue weighted by atomic mass is 32.2. The van der Waals surface area contributed by atoms with Crippen molar-refractivity contribution in [2.45, 2.75) is 25.5 Å². The Labute approximate surface area is 156 Å². The number of hydrogen-bond donors (Lipinski definition) is 0. The summed E-state index contributed by atoms with van der Waals surface area (Å²) in [4.78, 5) is 12.4. The van der Waals surface area contributed by atoms with Gasteiger partial charge in [-0.2, -0.15) is 0 Å². The van der Waals surface area contributed by atoms with Gasteiger partial charge in [0.25, 0.3) is 5.22 Å². The van der Waals surface area contributed by atoms with E-state index in [4.69, 9.17) is 9.15 Å². The first-order valence-corrected chi connectivity index (χ1v) is 9.22. The maximum absolute atomic E-state index is 12.4. The van der Waals surface area contributed by atoms with Gasteiger partial charge in [0.15, 0.2) is 5.78 Å². The van der Waals surface area contributed by atoms with Crippen LogP contribution < -0.4 is 4.74 Å². The number of nitrogens with zero attached hydrogens (tertiary/aromatic N) is 2. The van der Waals surface area contributed by atoms with Crippen molar-refractivity contribution in [1.82, 2.24) is 10.2 Å². The number of Topliss-reactive ketones (excluding diaryl/α,β-unsaturated/α-hetero) is 1. The Morgan fingerprint density at radius 3 is 2.62 bits per heavy atom. The van der Waals surface area contributed by atoms with E-state index in [0.717, 1.165) is 28.0 Å². The quantitative estimate of drug-likeness (QED) is 0.459. The number of aromatic nitrogens is 2. The lowest BCUT2D eigenvalue weighted by Crippen LogP contribution is -2.05. The molecule has 0 atom stereocenters. The molecule has 0 saturated carbocycles. The van der Waals surface area contributed by atoms with Crippen molar-refractivity contribution in [1.29, 1.82) is 0 Å². The fraction of sp³-hybridized carbons (Fsp3) is 0.250. The van der Waals surface area contributed by atoms with Gasteiger partial charge in [0.05, 0.1) is 19.3 Å². The minimum absolute atomic E-state index is 0.0612. The van der Waals surface area contributed by atoms with E-state index in [2.05, 4.69) is 10.2 Å². The van der Waals surface area contributed by atoms with Gasteiger partial charge in [0.1, 0.15) is 5.75 Å². The van der Waals surface area contributed by atoms with E-state index in [9.17, 15) is 4.79 Å². The zero-order valence-electron chi connectivity index (χ0n) is 15.0. The molecule has 0 saturated heterocycles. The Morgan fingerprint density at radius 1 is 1.12 bits per heavy atom. The third kappa shape index (κ3) is 4.52. The van der Waals surface area contributed by atoms with Crippen molar-refractivity contribution in [2.75, 3.05) is 12.9 Å². The zero-order chi connectivity index (χ0) is 18.5. The monoisotopic (exact) mass is 368 g/mol. The number of carbonyl (C=O) groups excluding carboxylic acids is 1. The Bertz CT molecular complexity index is 904. The van der Waals surface area contributed by atoms with Gasteiger partial charge >= 0.3 is 0 Å². The van der Waals surface area contributed by atoms with Gasteiger partial charge in [0, 0.05) is 5.56 Å². The van der Waals surface area contributed by atoms with E-state index < -0.39 is 0 Å². The fourth-order valence-corrected chi connectivity index (χ4v) is 3.19. The van der Waals surface area contributed by atoms with Gasteiger partial charge in [-0.15, -0.1) is 10.2 Å². The smallest absolute Gasteiger partial charge is 0.277 e. The summed E-state index contributed by atoms with van der Waals surface area (Å²) in [6.45, 7) is 3.92. The molecule has 26 heavy (non-hydrogen) atoms. The van der Waals surface area contributed by atoms with E-state index in [1.54, 1.807) is 7.11 Å². The largest absolute Gasteiger partial charge is 0.497 e. The van der Waals surface area contributed by atoms with E-state index in [0.29, 0.717) is 17.5 Å². The minimum Gasteiger partial charge on any atom is -0.497 e. The topological polar surface area (TPSA) is 65.2 Å². The Morgan fingerprint density at radius 2 is 1.88 bits per heavy atom. The van der Waals surface area contributed by atoms with Gasteiger partial charge in [-0.05, 0) is 43.2 Å². The molecule has 0 aliphatic carbocycles. The number of methoxy groups -OCH3 is 1. The summed E-state index contributed by atoms with van der Waals surface area (Å²) in [7, 11) is 1.63. The lowest BCUT2D eigenvalue weighted by atomic mass is 10.0. The highest BCUT2D eigenvalue weighted by molar-refractivity contribution is 7.99. The van der Waals surface area contributed by atoms with Crippen LogP contribution in [0.1, 0.15) is 32.9 Å². The SMILES string of the molecule is COc1ccc(Cc2nnc(SCC(=O)c3cc(C)ccc3C)o2)cc1. The fourth-order valence-electron chi connectivity index (χ4n) is 2.53. The van der Waals surface area contributed by atoms with Crippen LogP contribution >= 0.6 is 11.8 Å². The molecular formula is C20H20N2O3S. The second-order valence-corrected chi connectivity index (χ2v) is 6.94. The Hall–Kier alpha value is -2.60. The number of carbonyl (C=O) groups is 1. The van der Waals surface area contributed by atoms with E-state index in [1.807, 2.05) is 56.3 Å². The molecule has 0 fully saturated rings. The highest BCUT2D eigenvalue weighted by Gasteiger charge is 2.13. The van der Waals surface area contributed by atoms with Crippen molar-refractivity contribution in [2.24, 2.45) is 0 Å². The van der Waals surface area contributed by atoms with Crippen LogP contribution in [0.15, 0.2) is 52.1 Å². The number of ketones is 1. The summed E-state index contributed by atoms with van der Waals surface area (Å²) in [5.41, 5.74) is 3.85. The lowest BCUT2D eigenvalue weighted by molar-refractivity contribution is 0.102. The van der Waals surface area contributed by atoms with Crippen LogP contribution in [-0.4, -0.2) is 28.8 Å². The molecule has 1 aromatic heterocycles. The van der Waals surface area contributed by atoms with Gasteiger partial charge in [-0.25, -0.2) is 0 Å². The van der Waals surface area contributed by atoms with Crippen LogP contribution in [0, 0.1) is 13.8 Å². The van der Waals surface area contributed by atoms with Gasteiger partial charge in [-0.1, -0.05) is 41.6 Å². The summed E-state index contributed by atoms with van der Waals surface area (Å²) in [6, 6.07) is 13.6. The number of thioether (sulfide) groups is 1. The third-order valence-corrected chi connectivity index (χ3v) is 4.80. The first-order chi connectivity index (χ1) is 12.5. The molecule has 0 bridgehead atoms. The van der Waals surface area contributed by atoms with E-state index in [-0.39, 0.29) is 11.5 Å². The highest BCUT2D eigenvalue weighted by Crippen LogP contribution is 2.21. The van der Waals surface area contributed by atoms with Crippen molar-refractivity contribution >= 4 is 17.5 Å². The van der Waals surface area contributed by atoms with Crippen LogP contribution in [0.5, 0.6) is 5.75 Å². The number of ether oxygens (including phenoxy) is 1. The molecule has 6 heteroatoms. The molecule has 5 nitrogen and oxygen atoms in total. The molecule has 0 amide bonds. The Kier molecular flexibility index (Phi) is 5.73. The normalized spacial score (nSPS) is 10.7. The molecular weight excluding hydrogens is 348 g/mol. The second-order valence-electron chi connectivity index (χ2n) is 6.02. The molecule has 0 unspecified atom stereocenters. The van der Waals surface area contributed by atoms with E-state index in [1.165, 1.54) is 11.8 Å². The molecule has 0 spiro atoms. The van der Waals surface area contributed by atoms with Gasteiger partial charge in [0.2, 0.25) is 5.89 Å². The molecule has 3 aromatic rings. The lowest BCUT2D eigenvalue weighted by Gasteiger charge is -2.05. The molecule has 0 N–H and O–H groups in total. The first kappa shape index (κ1) is 18.2. The van der Waals surface area contributed by atoms with Crippen molar-refractivity contribution in [3.05, 3.63) is 70.6 Å². The molecule has 134 valence electrons. The van der Waals surface area contributed by atoms with Crippen LogP contribution in [0.25, 0.3) is 0 Å². The third-order valence-electron chi connectivity index (χ3n) is 3.98. The molecule has 3 rings (SSSR count). The summed E-state index contributed by atoms with van der Waals surface area (Å²) in [6.07, 6.45) is 0.544. The summed E-state index contributed by atoms with van der Waals surface area (Å²) in [5, 5.41) is 8.49. The standard InChI is InChI=1S/C20H20N2O3S/c1-13-4-5-14(2)17(10-13)18(23)12-26-20-22-21-19(25-20)11-15-6-8-16(24-3)9-7-15/h4-10H,11-12H2,1-3H3. The first-order valence-electron chi connectivity index (χ1n) is 8.23. The summed E-state index contributed by atoms with van der Waals surface area (Å²) < 4.78 is 10.8. The molecule has 0 aliphatic heterocycles. The van der Waals surface area contributed by atoms with Crippen LogP contribution in [0.4, 0.5) is 0 Å².